The van der Waals surface area contributed by atoms with Crippen molar-refractivity contribution in [3.63, 3.8) is 0 Å². The normalized spacial score (nSPS) is 12.4. The molecule has 0 fully saturated rings. The van der Waals surface area contributed by atoms with Crippen LogP contribution in [0.1, 0.15) is 39.5 Å². The number of benzene rings is 2. The van der Waals surface area contributed by atoms with Crippen LogP contribution in [0, 0.1) is 0 Å². The fourth-order valence-corrected chi connectivity index (χ4v) is 5.69. The van der Waals surface area contributed by atoms with E-state index in [0.717, 1.165) is 27.8 Å². The van der Waals surface area contributed by atoms with Crippen LogP contribution in [0.2, 0.25) is 0 Å². The van der Waals surface area contributed by atoms with E-state index in [1.54, 1.807) is 24.3 Å². The molecule has 2 aromatic carbocycles. The highest BCUT2D eigenvalue weighted by molar-refractivity contribution is 5.94. The average molecular weight is 583 g/mol. The second-order valence-electron chi connectivity index (χ2n) is 10.5. The molecule has 5 heterocycles. The summed E-state index contributed by atoms with van der Waals surface area (Å²) in [6.45, 7) is 7.74. The van der Waals surface area contributed by atoms with Crippen molar-refractivity contribution in [2.45, 2.75) is 6.18 Å². The molecule has 2 N–H and O–H groups in total. The first kappa shape index (κ1) is 27.2. The van der Waals surface area contributed by atoms with Gasteiger partial charge in [0.15, 0.2) is 0 Å². The number of rotatable bonds is 4. The largest absolute Gasteiger partial charge is 0.420 e. The molecule has 2 aliphatic rings. The van der Waals surface area contributed by atoms with Gasteiger partial charge in [0.1, 0.15) is 5.56 Å². The molecule has 7 heteroatoms. The van der Waals surface area contributed by atoms with Crippen LogP contribution >= 0.6 is 0 Å². The SMILES string of the molecule is C=Cc1cccc(-c2c3nc(c(C(F)(F)F)c4ccc([nH]4)c(-c4cccc(C=C)c4)c4nc(cc5ccc2[nH]5)C=C4)C=C3)c1. The lowest BCUT2D eigenvalue weighted by Crippen LogP contribution is -2.08. The van der Waals surface area contributed by atoms with Crippen molar-refractivity contribution < 1.29 is 13.2 Å². The van der Waals surface area contributed by atoms with Gasteiger partial charge >= 0.3 is 6.18 Å². The third kappa shape index (κ3) is 4.88. The summed E-state index contributed by atoms with van der Waals surface area (Å²) < 4.78 is 44.4. The number of hydrogen-bond donors (Lipinski definition) is 2. The first-order chi connectivity index (χ1) is 21.3. The lowest BCUT2D eigenvalue weighted by Gasteiger charge is -2.08. The smallest absolute Gasteiger partial charge is 0.355 e. The number of nitrogens with zero attached hydrogens (tertiary/aromatic N) is 2. The van der Waals surface area contributed by atoms with E-state index in [1.807, 2.05) is 78.9 Å². The summed E-state index contributed by atoms with van der Waals surface area (Å²) in [5.41, 5.74) is 7.35. The predicted molar refractivity (Wildman–Crippen MR) is 175 cm³/mol. The zero-order chi connectivity index (χ0) is 30.4. The molecule has 3 aromatic heterocycles. The molecule has 0 unspecified atom stereocenters. The molecule has 214 valence electrons. The molecule has 0 spiro atoms. The summed E-state index contributed by atoms with van der Waals surface area (Å²) in [6.07, 6.45) is 5.60. The Morgan fingerprint density at radius 1 is 0.591 bits per heavy atom. The van der Waals surface area contributed by atoms with Crippen LogP contribution in [-0.2, 0) is 6.18 Å². The van der Waals surface area contributed by atoms with Crippen LogP contribution in [0.3, 0.4) is 0 Å². The lowest BCUT2D eigenvalue weighted by atomic mass is 10.0. The van der Waals surface area contributed by atoms with E-state index in [4.69, 9.17) is 4.98 Å². The zero-order valence-electron chi connectivity index (χ0n) is 23.4. The van der Waals surface area contributed by atoms with Crippen LogP contribution < -0.4 is 0 Å². The van der Waals surface area contributed by atoms with Crippen molar-refractivity contribution in [1.82, 2.24) is 19.9 Å². The van der Waals surface area contributed by atoms with Gasteiger partial charge in [0.05, 0.1) is 28.3 Å². The molecule has 0 amide bonds. The van der Waals surface area contributed by atoms with Crippen molar-refractivity contribution in [3.8, 4) is 22.3 Å². The van der Waals surface area contributed by atoms with E-state index in [2.05, 4.69) is 28.1 Å². The molecule has 0 radical (unpaired) electrons. The van der Waals surface area contributed by atoms with E-state index < -0.39 is 11.7 Å². The number of halogens is 3. The number of nitrogens with one attached hydrogen (secondary N) is 2. The summed E-state index contributed by atoms with van der Waals surface area (Å²) in [5.74, 6) is 0. The molecule has 7 rings (SSSR count). The van der Waals surface area contributed by atoms with Crippen LogP contribution in [0.5, 0.6) is 0 Å². The van der Waals surface area contributed by atoms with Gasteiger partial charge < -0.3 is 9.97 Å². The molecular formula is C37H25F3N4. The fraction of sp³-hybridized carbons (Fsp3) is 0.0270. The highest BCUT2D eigenvalue weighted by atomic mass is 19.4. The maximum atomic E-state index is 14.8. The number of fused-ring (bicyclic) bond motifs is 8. The minimum absolute atomic E-state index is 0.0858. The lowest BCUT2D eigenvalue weighted by molar-refractivity contribution is -0.136. The van der Waals surface area contributed by atoms with Crippen molar-refractivity contribution in [2.75, 3.05) is 0 Å². The molecule has 0 saturated carbocycles. The second kappa shape index (κ2) is 10.5. The van der Waals surface area contributed by atoms with E-state index in [-0.39, 0.29) is 11.2 Å². The third-order valence-electron chi connectivity index (χ3n) is 7.68. The molecular weight excluding hydrogens is 557 g/mol. The topological polar surface area (TPSA) is 57.4 Å². The Bertz CT molecular complexity index is 2160. The Balaban J connectivity index is 1.64. The first-order valence-electron chi connectivity index (χ1n) is 14.0. The van der Waals surface area contributed by atoms with Crippen LogP contribution in [0.15, 0.2) is 92.0 Å². The Kier molecular flexibility index (Phi) is 6.51. The van der Waals surface area contributed by atoms with Gasteiger partial charge in [0, 0.05) is 27.7 Å². The number of H-pyrrole nitrogens is 2. The summed E-state index contributed by atoms with van der Waals surface area (Å²) >= 11 is 0. The van der Waals surface area contributed by atoms with Gasteiger partial charge in [-0.05, 0) is 89.0 Å². The molecule has 0 aliphatic carbocycles. The quantitative estimate of drug-likeness (QED) is 0.217. The Labute approximate surface area is 251 Å². The standard InChI is InChI=1S/C37H25F3N4/c1-3-22-7-5-9-24(19-22)34-28-13-11-26(41-28)21-27-12-14-29(42-27)35(25-10-6-8-23(4-2)20-25)31-16-18-33(44-31)36(37(38,39)40)32-17-15-30(34)43-32/h3-21,41,44H,1-2H2. The molecule has 0 saturated heterocycles. The maximum Gasteiger partial charge on any atom is 0.420 e. The van der Waals surface area contributed by atoms with Crippen LogP contribution in [-0.4, -0.2) is 19.9 Å². The molecule has 0 atom stereocenters. The second-order valence-corrected chi connectivity index (χ2v) is 10.5. The van der Waals surface area contributed by atoms with E-state index in [1.165, 1.54) is 12.1 Å². The minimum atomic E-state index is -4.68. The van der Waals surface area contributed by atoms with Gasteiger partial charge in [-0.3, -0.25) is 0 Å². The van der Waals surface area contributed by atoms with Gasteiger partial charge in [-0.15, -0.1) is 0 Å². The maximum absolute atomic E-state index is 14.8. The van der Waals surface area contributed by atoms with Crippen molar-refractivity contribution in [3.05, 3.63) is 131 Å². The average Bonchev–Trinajstić information content (AvgIpc) is 3.84. The van der Waals surface area contributed by atoms with E-state index in [0.29, 0.717) is 39.2 Å². The van der Waals surface area contributed by atoms with Crippen molar-refractivity contribution in [2.24, 2.45) is 0 Å². The van der Waals surface area contributed by atoms with E-state index >= 15 is 0 Å². The van der Waals surface area contributed by atoms with Gasteiger partial charge in [0.2, 0.25) is 0 Å². The molecule has 2 aliphatic heterocycles. The van der Waals surface area contributed by atoms with Gasteiger partial charge in [-0.25, -0.2) is 9.97 Å². The molecule has 44 heavy (non-hydrogen) atoms. The molecule has 4 nitrogen and oxygen atoms in total. The Morgan fingerprint density at radius 2 is 1.16 bits per heavy atom. The summed E-state index contributed by atoms with van der Waals surface area (Å²) in [7, 11) is 0. The number of aromatic amines is 2. The summed E-state index contributed by atoms with van der Waals surface area (Å²) in [5, 5.41) is 0. The van der Waals surface area contributed by atoms with Crippen LogP contribution in [0.4, 0.5) is 13.2 Å². The van der Waals surface area contributed by atoms with Gasteiger partial charge in [-0.1, -0.05) is 61.7 Å². The van der Waals surface area contributed by atoms with Gasteiger partial charge in [0.25, 0.3) is 0 Å². The molecule has 5 aromatic rings. The summed E-state index contributed by atoms with van der Waals surface area (Å²) in [4.78, 5) is 15.9. The zero-order valence-corrected chi connectivity index (χ0v) is 23.4. The number of alkyl halides is 3. The predicted octanol–water partition coefficient (Wildman–Crippen LogP) is 10.3. The van der Waals surface area contributed by atoms with Gasteiger partial charge in [-0.2, -0.15) is 13.2 Å². The van der Waals surface area contributed by atoms with E-state index in [9.17, 15) is 13.2 Å². The van der Waals surface area contributed by atoms with Crippen molar-refractivity contribution >= 4 is 58.5 Å². The Morgan fingerprint density at radius 3 is 1.82 bits per heavy atom. The highest BCUT2D eigenvalue weighted by Gasteiger charge is 2.36. The first-order valence-corrected chi connectivity index (χ1v) is 14.0. The number of aromatic nitrogens is 4. The Hall–Kier alpha value is -5.69. The van der Waals surface area contributed by atoms with Crippen LogP contribution in [0.25, 0.3) is 80.8 Å². The molecule has 8 bridgehead atoms. The monoisotopic (exact) mass is 582 g/mol. The third-order valence-corrected chi connectivity index (χ3v) is 7.68. The summed E-state index contributed by atoms with van der Waals surface area (Å²) in [6, 6.07) is 24.2. The fourth-order valence-electron chi connectivity index (χ4n) is 5.69. The number of hydrogen-bond acceptors (Lipinski definition) is 2. The highest BCUT2D eigenvalue weighted by Crippen LogP contribution is 2.39. The minimum Gasteiger partial charge on any atom is -0.355 e. The van der Waals surface area contributed by atoms with Crippen molar-refractivity contribution in [1.29, 1.82) is 0 Å².